The van der Waals surface area contributed by atoms with E-state index in [9.17, 15) is 4.39 Å². The summed E-state index contributed by atoms with van der Waals surface area (Å²) in [5, 5.41) is 0.475. The smallest absolute Gasteiger partial charge is 0.127 e. The molecule has 1 aliphatic rings. The Labute approximate surface area is 132 Å². The summed E-state index contributed by atoms with van der Waals surface area (Å²) in [4.78, 5) is 2.48. The van der Waals surface area contributed by atoms with Crippen LogP contribution in [0.2, 0.25) is 5.02 Å². The van der Waals surface area contributed by atoms with Gasteiger partial charge in [-0.1, -0.05) is 31.0 Å². The number of hydrogen-bond acceptors (Lipinski definition) is 2. The molecule has 0 aromatic heterocycles. The van der Waals surface area contributed by atoms with Gasteiger partial charge in [0.15, 0.2) is 0 Å². The fourth-order valence-electron chi connectivity index (χ4n) is 3.29. The number of nitrogens with two attached hydrogens (primary N) is 1. The summed E-state index contributed by atoms with van der Waals surface area (Å²) < 4.78 is 14.0. The lowest BCUT2D eigenvalue weighted by atomic mass is 9.83. The molecule has 0 saturated carbocycles. The Bertz CT molecular complexity index is 454. The first-order valence-corrected chi connectivity index (χ1v) is 8.30. The molecule has 1 saturated heterocycles. The number of rotatable bonds is 5. The van der Waals surface area contributed by atoms with Crippen molar-refractivity contribution in [2.45, 2.75) is 57.5 Å². The predicted octanol–water partition coefficient (Wildman–Crippen LogP) is 4.00. The van der Waals surface area contributed by atoms with Gasteiger partial charge in [-0.2, -0.15) is 0 Å². The zero-order valence-electron chi connectivity index (χ0n) is 13.0. The van der Waals surface area contributed by atoms with Gasteiger partial charge in [-0.05, 0) is 57.8 Å². The minimum Gasteiger partial charge on any atom is -0.326 e. The summed E-state index contributed by atoms with van der Waals surface area (Å²) in [6.45, 7) is 6.54. The van der Waals surface area contributed by atoms with Crippen LogP contribution in [0.3, 0.4) is 0 Å². The van der Waals surface area contributed by atoms with Crippen LogP contribution < -0.4 is 5.73 Å². The molecule has 0 bridgehead atoms. The second kappa shape index (κ2) is 7.08. The van der Waals surface area contributed by atoms with Gasteiger partial charge < -0.3 is 5.73 Å². The van der Waals surface area contributed by atoms with E-state index >= 15 is 0 Å². The fraction of sp³-hybridized carbons (Fsp3) is 0.647. The maximum Gasteiger partial charge on any atom is 0.127 e. The molecule has 0 amide bonds. The van der Waals surface area contributed by atoms with Crippen molar-refractivity contribution in [3.8, 4) is 0 Å². The van der Waals surface area contributed by atoms with Crippen LogP contribution in [-0.4, -0.2) is 29.6 Å². The highest BCUT2D eigenvalue weighted by Gasteiger charge is 2.37. The Morgan fingerprint density at radius 2 is 2.00 bits per heavy atom. The number of likely N-dealkylation sites (tertiary alicyclic amines) is 1. The maximum absolute atomic E-state index is 14.0. The SMILES string of the molecule is CCC(C)(C(N)Cc1c(F)cccc1Cl)N1CCCCC1. The third kappa shape index (κ3) is 3.58. The van der Waals surface area contributed by atoms with Gasteiger partial charge in [0, 0.05) is 22.2 Å². The normalized spacial score (nSPS) is 21.0. The van der Waals surface area contributed by atoms with Crippen molar-refractivity contribution in [2.75, 3.05) is 13.1 Å². The largest absolute Gasteiger partial charge is 0.326 e. The summed E-state index contributed by atoms with van der Waals surface area (Å²) in [5.41, 5.74) is 6.94. The summed E-state index contributed by atoms with van der Waals surface area (Å²) in [6.07, 6.45) is 5.18. The highest BCUT2D eigenvalue weighted by Crippen LogP contribution is 2.30. The van der Waals surface area contributed by atoms with E-state index in [1.165, 1.54) is 25.3 Å². The molecule has 0 radical (unpaired) electrons. The molecule has 1 fully saturated rings. The summed E-state index contributed by atoms with van der Waals surface area (Å²) >= 11 is 6.14. The minimum absolute atomic E-state index is 0.105. The molecule has 2 rings (SSSR count). The quantitative estimate of drug-likeness (QED) is 0.890. The molecule has 4 heteroatoms. The molecular weight excluding hydrogens is 287 g/mol. The van der Waals surface area contributed by atoms with E-state index in [-0.39, 0.29) is 17.4 Å². The fourth-order valence-corrected chi connectivity index (χ4v) is 3.53. The van der Waals surface area contributed by atoms with E-state index in [4.69, 9.17) is 17.3 Å². The number of benzene rings is 1. The number of nitrogens with zero attached hydrogens (tertiary/aromatic N) is 1. The van der Waals surface area contributed by atoms with Gasteiger partial charge in [0.1, 0.15) is 5.82 Å². The molecule has 0 spiro atoms. The lowest BCUT2D eigenvalue weighted by Crippen LogP contribution is -2.59. The highest BCUT2D eigenvalue weighted by molar-refractivity contribution is 6.31. The van der Waals surface area contributed by atoms with E-state index < -0.39 is 0 Å². The van der Waals surface area contributed by atoms with Crippen LogP contribution >= 0.6 is 11.6 Å². The number of piperidine rings is 1. The van der Waals surface area contributed by atoms with Crippen LogP contribution in [0.25, 0.3) is 0 Å². The molecule has 2 atom stereocenters. The lowest BCUT2D eigenvalue weighted by molar-refractivity contribution is 0.0544. The first-order valence-electron chi connectivity index (χ1n) is 7.92. The van der Waals surface area contributed by atoms with Gasteiger partial charge in [0.2, 0.25) is 0 Å². The molecule has 2 N–H and O–H groups in total. The lowest BCUT2D eigenvalue weighted by Gasteiger charge is -2.47. The molecule has 118 valence electrons. The zero-order valence-corrected chi connectivity index (χ0v) is 13.8. The highest BCUT2D eigenvalue weighted by atomic mass is 35.5. The molecule has 0 aliphatic carbocycles. The van der Waals surface area contributed by atoms with E-state index in [1.807, 2.05) is 0 Å². The third-order valence-electron chi connectivity index (χ3n) is 5.08. The van der Waals surface area contributed by atoms with Gasteiger partial charge in [-0.25, -0.2) is 4.39 Å². The minimum atomic E-state index is -0.255. The van der Waals surface area contributed by atoms with E-state index in [0.29, 0.717) is 17.0 Å². The summed E-state index contributed by atoms with van der Waals surface area (Å²) in [7, 11) is 0. The molecule has 2 unspecified atom stereocenters. The van der Waals surface area contributed by atoms with Crippen LogP contribution in [-0.2, 0) is 6.42 Å². The molecule has 1 aliphatic heterocycles. The first-order chi connectivity index (χ1) is 9.99. The van der Waals surface area contributed by atoms with Crippen LogP contribution in [0, 0.1) is 5.82 Å². The topological polar surface area (TPSA) is 29.3 Å². The predicted molar refractivity (Wildman–Crippen MR) is 87.2 cm³/mol. The molecular formula is C17H26ClFN2. The molecule has 1 aromatic carbocycles. The zero-order chi connectivity index (χ0) is 15.5. The average molecular weight is 313 g/mol. The first kappa shape index (κ1) is 16.7. The van der Waals surface area contributed by atoms with Gasteiger partial charge >= 0.3 is 0 Å². The van der Waals surface area contributed by atoms with Crippen molar-refractivity contribution in [3.05, 3.63) is 34.6 Å². The van der Waals surface area contributed by atoms with Gasteiger partial charge in [0.25, 0.3) is 0 Å². The maximum atomic E-state index is 14.0. The molecule has 21 heavy (non-hydrogen) atoms. The number of halogens is 2. The second-order valence-electron chi connectivity index (χ2n) is 6.27. The van der Waals surface area contributed by atoms with Crippen LogP contribution in [0.4, 0.5) is 4.39 Å². The Morgan fingerprint density at radius 3 is 2.57 bits per heavy atom. The van der Waals surface area contributed by atoms with Gasteiger partial charge in [-0.15, -0.1) is 0 Å². The van der Waals surface area contributed by atoms with Crippen molar-refractivity contribution in [3.63, 3.8) is 0 Å². The van der Waals surface area contributed by atoms with Crippen molar-refractivity contribution in [2.24, 2.45) is 5.73 Å². The van der Waals surface area contributed by atoms with Gasteiger partial charge in [0.05, 0.1) is 0 Å². The molecule has 2 nitrogen and oxygen atoms in total. The Morgan fingerprint density at radius 1 is 1.33 bits per heavy atom. The third-order valence-corrected chi connectivity index (χ3v) is 5.43. The van der Waals surface area contributed by atoms with Crippen molar-refractivity contribution in [1.82, 2.24) is 4.90 Å². The van der Waals surface area contributed by atoms with Crippen molar-refractivity contribution in [1.29, 1.82) is 0 Å². The molecule has 1 aromatic rings. The monoisotopic (exact) mass is 312 g/mol. The second-order valence-corrected chi connectivity index (χ2v) is 6.68. The molecule has 1 heterocycles. The summed E-state index contributed by atoms with van der Waals surface area (Å²) in [6, 6.07) is 4.70. The van der Waals surface area contributed by atoms with E-state index in [1.54, 1.807) is 12.1 Å². The van der Waals surface area contributed by atoms with E-state index in [0.717, 1.165) is 19.5 Å². The van der Waals surface area contributed by atoms with Crippen LogP contribution in [0.5, 0.6) is 0 Å². The standard InChI is InChI=1S/C17H26ClFN2/c1-3-17(2,21-10-5-4-6-11-21)16(20)12-13-14(18)8-7-9-15(13)19/h7-9,16H,3-6,10-12,20H2,1-2H3. The van der Waals surface area contributed by atoms with Gasteiger partial charge in [-0.3, -0.25) is 4.90 Å². The van der Waals surface area contributed by atoms with Crippen LogP contribution in [0.15, 0.2) is 18.2 Å². The summed E-state index contributed by atoms with van der Waals surface area (Å²) in [5.74, 6) is -0.255. The Hall–Kier alpha value is -0.640. The number of hydrogen-bond donors (Lipinski definition) is 1. The average Bonchev–Trinajstić information content (AvgIpc) is 2.51. The van der Waals surface area contributed by atoms with Crippen LogP contribution in [0.1, 0.15) is 45.1 Å². The van der Waals surface area contributed by atoms with Crippen molar-refractivity contribution < 1.29 is 4.39 Å². The van der Waals surface area contributed by atoms with Crippen molar-refractivity contribution >= 4 is 11.6 Å². The van der Waals surface area contributed by atoms with E-state index in [2.05, 4.69) is 18.7 Å². The Balaban J connectivity index is 2.17. The Kier molecular flexibility index (Phi) is 5.64.